The van der Waals surface area contributed by atoms with Crippen LogP contribution in [-0.4, -0.2) is 28.0 Å². The van der Waals surface area contributed by atoms with E-state index in [1.54, 1.807) is 0 Å². The van der Waals surface area contributed by atoms with Crippen LogP contribution in [0, 0.1) is 19.3 Å². The summed E-state index contributed by atoms with van der Waals surface area (Å²) in [6.07, 6.45) is 6.48. The van der Waals surface area contributed by atoms with Crippen LogP contribution in [0.15, 0.2) is 30.3 Å². The molecule has 4 nitrogen and oxygen atoms in total. The van der Waals surface area contributed by atoms with Gasteiger partial charge in [0.2, 0.25) is 0 Å². The van der Waals surface area contributed by atoms with E-state index in [1.165, 1.54) is 0 Å². The monoisotopic (exact) mass is 283 g/mol. The number of benzene rings is 1. The molecule has 0 spiro atoms. The quantitative estimate of drug-likeness (QED) is 0.828. The summed E-state index contributed by atoms with van der Waals surface area (Å²) in [4.78, 5) is 2.10. The average molecular weight is 283 g/mol. The van der Waals surface area contributed by atoms with E-state index in [1.807, 2.05) is 41.9 Å². The van der Waals surface area contributed by atoms with Crippen molar-refractivity contribution < 1.29 is 5.11 Å². The molecule has 0 aliphatic rings. The molecule has 0 radical (unpaired) electrons. The first-order valence-electron chi connectivity index (χ1n) is 7.16. The highest BCUT2D eigenvalue weighted by molar-refractivity contribution is 5.55. The fourth-order valence-electron chi connectivity index (χ4n) is 2.45. The zero-order valence-electron chi connectivity index (χ0n) is 12.6. The molecule has 4 heteroatoms. The largest absolute Gasteiger partial charge is 0.391 e. The number of nitrogens with zero attached hydrogens (tertiary/aromatic N) is 3. The highest BCUT2D eigenvalue weighted by Crippen LogP contribution is 2.27. The minimum absolute atomic E-state index is 0.0429. The molecule has 0 bridgehead atoms. The number of aliphatic hydroxyl groups excluding tert-OH is 1. The van der Waals surface area contributed by atoms with Gasteiger partial charge in [-0.1, -0.05) is 31.0 Å². The number of rotatable bonds is 6. The van der Waals surface area contributed by atoms with Gasteiger partial charge in [-0.25, -0.2) is 4.68 Å². The van der Waals surface area contributed by atoms with E-state index in [4.69, 9.17) is 6.42 Å². The molecule has 0 aliphatic carbocycles. The molecular formula is C17H21N3O. The molecule has 1 N–H and O–H groups in total. The van der Waals surface area contributed by atoms with Crippen molar-refractivity contribution in [3.05, 3.63) is 41.6 Å². The Kier molecular flexibility index (Phi) is 5.02. The highest BCUT2D eigenvalue weighted by Gasteiger charge is 2.20. The Labute approximate surface area is 126 Å². The number of para-hydroxylation sites is 1. The second-order valence-electron chi connectivity index (χ2n) is 4.92. The molecule has 0 saturated heterocycles. The van der Waals surface area contributed by atoms with Gasteiger partial charge < -0.3 is 10.0 Å². The molecule has 0 saturated carbocycles. The normalized spacial score (nSPS) is 10.4. The van der Waals surface area contributed by atoms with E-state index in [0.717, 1.165) is 35.7 Å². The van der Waals surface area contributed by atoms with Gasteiger partial charge >= 0.3 is 0 Å². The lowest BCUT2D eigenvalue weighted by Gasteiger charge is -2.24. The van der Waals surface area contributed by atoms with Crippen molar-refractivity contribution in [1.29, 1.82) is 0 Å². The van der Waals surface area contributed by atoms with Gasteiger partial charge in [-0.15, -0.1) is 6.42 Å². The third-order valence-corrected chi connectivity index (χ3v) is 3.39. The maximum absolute atomic E-state index is 9.71. The lowest BCUT2D eigenvalue weighted by molar-refractivity contribution is 0.281. The fraction of sp³-hybridized carbons (Fsp3) is 0.353. The van der Waals surface area contributed by atoms with Crippen LogP contribution in [0.4, 0.5) is 5.82 Å². The summed E-state index contributed by atoms with van der Waals surface area (Å²) in [7, 11) is 0. The van der Waals surface area contributed by atoms with Crippen LogP contribution in [0.2, 0.25) is 0 Å². The van der Waals surface area contributed by atoms with Crippen molar-refractivity contribution in [3.8, 4) is 18.0 Å². The molecule has 1 aromatic heterocycles. The number of terminal acetylenes is 1. The van der Waals surface area contributed by atoms with E-state index in [2.05, 4.69) is 22.8 Å². The van der Waals surface area contributed by atoms with Gasteiger partial charge in [0.05, 0.1) is 24.5 Å². The Morgan fingerprint density at radius 1 is 1.33 bits per heavy atom. The molecular weight excluding hydrogens is 262 g/mol. The molecule has 110 valence electrons. The summed E-state index contributed by atoms with van der Waals surface area (Å²) >= 11 is 0. The Hall–Kier alpha value is -2.25. The summed E-state index contributed by atoms with van der Waals surface area (Å²) in [6.45, 7) is 5.31. The summed E-state index contributed by atoms with van der Waals surface area (Å²) < 4.78 is 1.87. The highest BCUT2D eigenvalue weighted by atomic mass is 16.3. The SMILES string of the molecule is C#CCN(CCC)c1c(CO)c(C)nn1-c1ccccc1. The molecule has 2 aromatic rings. The number of hydrogen-bond donors (Lipinski definition) is 1. The number of aliphatic hydroxyl groups is 1. The van der Waals surface area contributed by atoms with Crippen molar-refractivity contribution in [3.63, 3.8) is 0 Å². The number of hydrogen-bond acceptors (Lipinski definition) is 3. The lowest BCUT2D eigenvalue weighted by atomic mass is 10.2. The van der Waals surface area contributed by atoms with Crippen molar-refractivity contribution in [1.82, 2.24) is 9.78 Å². The summed E-state index contributed by atoms with van der Waals surface area (Å²) in [6, 6.07) is 9.91. The van der Waals surface area contributed by atoms with Crippen LogP contribution in [0.3, 0.4) is 0 Å². The van der Waals surface area contributed by atoms with E-state index in [-0.39, 0.29) is 6.61 Å². The van der Waals surface area contributed by atoms with Crippen LogP contribution < -0.4 is 4.90 Å². The number of aryl methyl sites for hydroxylation is 1. The predicted molar refractivity (Wildman–Crippen MR) is 85.6 cm³/mol. The van der Waals surface area contributed by atoms with Crippen LogP contribution in [0.25, 0.3) is 5.69 Å². The van der Waals surface area contributed by atoms with Gasteiger partial charge in [0.1, 0.15) is 5.82 Å². The third-order valence-electron chi connectivity index (χ3n) is 3.39. The van der Waals surface area contributed by atoms with Crippen LogP contribution >= 0.6 is 0 Å². The van der Waals surface area contributed by atoms with Crippen LogP contribution in [0.5, 0.6) is 0 Å². The van der Waals surface area contributed by atoms with E-state index >= 15 is 0 Å². The Morgan fingerprint density at radius 2 is 2.05 bits per heavy atom. The maximum atomic E-state index is 9.71. The van der Waals surface area contributed by atoms with Crippen molar-refractivity contribution in [2.24, 2.45) is 0 Å². The molecule has 1 heterocycles. The van der Waals surface area contributed by atoms with E-state index in [9.17, 15) is 5.11 Å². The van der Waals surface area contributed by atoms with Gasteiger partial charge in [-0.2, -0.15) is 5.10 Å². The molecule has 0 amide bonds. The summed E-state index contributed by atoms with van der Waals surface area (Å²) in [5.74, 6) is 3.58. The van der Waals surface area contributed by atoms with Gasteiger partial charge in [-0.05, 0) is 25.5 Å². The van der Waals surface area contributed by atoms with Gasteiger partial charge in [0.25, 0.3) is 0 Å². The van der Waals surface area contributed by atoms with Crippen LogP contribution in [-0.2, 0) is 6.61 Å². The van der Waals surface area contributed by atoms with Gasteiger partial charge in [0, 0.05) is 12.1 Å². The first kappa shape index (κ1) is 15.1. The van der Waals surface area contributed by atoms with Crippen molar-refractivity contribution in [2.75, 3.05) is 18.0 Å². The molecule has 1 aromatic carbocycles. The Balaban J connectivity index is 2.58. The van der Waals surface area contributed by atoms with Crippen molar-refractivity contribution in [2.45, 2.75) is 26.9 Å². The molecule has 0 aliphatic heterocycles. The molecule has 0 atom stereocenters. The minimum atomic E-state index is -0.0429. The maximum Gasteiger partial charge on any atom is 0.139 e. The van der Waals surface area contributed by atoms with Crippen molar-refractivity contribution >= 4 is 5.82 Å². The number of aromatic nitrogens is 2. The second-order valence-corrected chi connectivity index (χ2v) is 4.92. The summed E-state index contributed by atoms with van der Waals surface area (Å²) in [5.41, 5.74) is 2.63. The second kappa shape index (κ2) is 6.96. The topological polar surface area (TPSA) is 41.3 Å². The molecule has 21 heavy (non-hydrogen) atoms. The first-order valence-corrected chi connectivity index (χ1v) is 7.16. The minimum Gasteiger partial charge on any atom is -0.391 e. The smallest absolute Gasteiger partial charge is 0.139 e. The average Bonchev–Trinajstić information content (AvgIpc) is 2.84. The molecule has 2 rings (SSSR count). The predicted octanol–water partition coefficient (Wildman–Crippen LogP) is 2.52. The van der Waals surface area contributed by atoms with E-state index in [0.29, 0.717) is 6.54 Å². The van der Waals surface area contributed by atoms with Gasteiger partial charge in [0.15, 0.2) is 0 Å². The molecule has 0 fully saturated rings. The third kappa shape index (κ3) is 3.09. The Bertz CT molecular complexity index is 625. The van der Waals surface area contributed by atoms with Gasteiger partial charge in [-0.3, -0.25) is 0 Å². The van der Waals surface area contributed by atoms with E-state index < -0.39 is 0 Å². The zero-order chi connectivity index (χ0) is 15.2. The Morgan fingerprint density at radius 3 is 2.62 bits per heavy atom. The number of anilines is 1. The first-order chi connectivity index (χ1) is 10.2. The summed E-state index contributed by atoms with van der Waals surface area (Å²) in [5, 5.41) is 14.3. The zero-order valence-corrected chi connectivity index (χ0v) is 12.6. The molecule has 0 unspecified atom stereocenters. The fourth-order valence-corrected chi connectivity index (χ4v) is 2.45. The van der Waals surface area contributed by atoms with Crippen LogP contribution in [0.1, 0.15) is 24.6 Å². The lowest BCUT2D eigenvalue weighted by Crippen LogP contribution is -2.27. The standard InChI is InChI=1S/C17H21N3O/c1-4-11-19(12-5-2)17-16(13-21)14(3)18-20(17)15-9-7-6-8-10-15/h1,6-10,21H,5,11-13H2,2-3H3.